The molecule has 0 radical (unpaired) electrons. The van der Waals surface area contributed by atoms with Gasteiger partial charge in [-0.2, -0.15) is 0 Å². The van der Waals surface area contributed by atoms with Gasteiger partial charge in [0.1, 0.15) is 0 Å². The number of amides is 1. The van der Waals surface area contributed by atoms with Crippen LogP contribution in [0.5, 0.6) is 0 Å². The summed E-state index contributed by atoms with van der Waals surface area (Å²) in [5, 5.41) is 3.07. The molecule has 1 aliphatic heterocycles. The molecule has 0 saturated carbocycles. The Kier molecular flexibility index (Phi) is 5.90. The minimum atomic E-state index is -0.0270. The number of hydrogen-bond acceptors (Lipinski definition) is 4. The zero-order valence-corrected chi connectivity index (χ0v) is 13.9. The molecule has 2 heterocycles. The van der Waals surface area contributed by atoms with Crippen molar-refractivity contribution in [2.45, 2.75) is 38.3 Å². The molecule has 24 heavy (non-hydrogen) atoms. The van der Waals surface area contributed by atoms with E-state index in [0.717, 1.165) is 38.0 Å². The fraction of sp³-hybridized carbons (Fsp3) is 0.421. The molecule has 1 N–H and O–H groups in total. The van der Waals surface area contributed by atoms with Crippen LogP contribution >= 0.6 is 0 Å². The van der Waals surface area contributed by atoms with E-state index in [4.69, 9.17) is 0 Å². The Morgan fingerprint density at radius 1 is 1.21 bits per heavy atom. The molecule has 0 spiro atoms. The summed E-state index contributed by atoms with van der Waals surface area (Å²) in [6.07, 6.45) is 9.01. The van der Waals surface area contributed by atoms with Crippen LogP contribution < -0.4 is 5.32 Å². The van der Waals surface area contributed by atoms with Crippen LogP contribution in [0.15, 0.2) is 48.9 Å². The number of nitrogens with one attached hydrogen (secondary N) is 1. The number of carbonyl (C=O) groups excluding carboxylic acids is 1. The van der Waals surface area contributed by atoms with E-state index in [-0.39, 0.29) is 11.9 Å². The molecule has 1 amide bonds. The molecule has 1 saturated heterocycles. The number of carbonyl (C=O) groups is 1. The molecule has 126 valence electrons. The van der Waals surface area contributed by atoms with Gasteiger partial charge in [-0.05, 0) is 24.9 Å². The number of nitrogens with zero attached hydrogens (tertiary/aromatic N) is 3. The fourth-order valence-corrected chi connectivity index (χ4v) is 3.19. The third-order valence-corrected chi connectivity index (χ3v) is 4.44. The molecule has 1 aromatic carbocycles. The Hall–Kier alpha value is -2.27. The minimum absolute atomic E-state index is 0.0270. The maximum Gasteiger partial charge on any atom is 0.237 e. The van der Waals surface area contributed by atoms with E-state index in [1.165, 1.54) is 5.56 Å². The smallest absolute Gasteiger partial charge is 0.237 e. The topological polar surface area (TPSA) is 58.1 Å². The highest BCUT2D eigenvalue weighted by Gasteiger charge is 2.28. The molecule has 1 aromatic heterocycles. The largest absolute Gasteiger partial charge is 0.354 e. The average Bonchev–Trinajstić information content (AvgIpc) is 2.64. The fourth-order valence-electron chi connectivity index (χ4n) is 3.19. The van der Waals surface area contributed by atoms with Gasteiger partial charge >= 0.3 is 0 Å². The summed E-state index contributed by atoms with van der Waals surface area (Å²) in [5.74, 6) is 0.134. The summed E-state index contributed by atoms with van der Waals surface area (Å²) in [4.78, 5) is 23.2. The molecule has 1 fully saturated rings. The first-order chi connectivity index (χ1) is 11.8. The third-order valence-electron chi connectivity index (χ3n) is 4.44. The molecule has 0 bridgehead atoms. The van der Waals surface area contributed by atoms with Crippen LogP contribution in [0.2, 0.25) is 0 Å². The predicted octanol–water partition coefficient (Wildman–Crippen LogP) is 2.19. The van der Waals surface area contributed by atoms with Crippen molar-refractivity contribution in [3.63, 3.8) is 0 Å². The van der Waals surface area contributed by atoms with Crippen molar-refractivity contribution in [2.75, 3.05) is 13.1 Å². The molecule has 1 aliphatic rings. The van der Waals surface area contributed by atoms with Gasteiger partial charge in [-0.15, -0.1) is 0 Å². The lowest BCUT2D eigenvalue weighted by molar-refractivity contribution is -0.127. The Labute approximate surface area is 143 Å². The summed E-state index contributed by atoms with van der Waals surface area (Å²) >= 11 is 0. The normalized spacial score (nSPS) is 18.2. The lowest BCUT2D eigenvalue weighted by atomic mass is 10.0. The van der Waals surface area contributed by atoms with Crippen molar-refractivity contribution in [3.8, 4) is 0 Å². The van der Waals surface area contributed by atoms with Crippen LogP contribution in [0.1, 0.15) is 30.5 Å². The third kappa shape index (κ3) is 4.61. The first-order valence-electron chi connectivity index (χ1n) is 8.63. The van der Waals surface area contributed by atoms with Gasteiger partial charge in [0.25, 0.3) is 0 Å². The highest BCUT2D eigenvalue weighted by Crippen LogP contribution is 2.19. The second-order valence-electron chi connectivity index (χ2n) is 6.21. The highest BCUT2D eigenvalue weighted by molar-refractivity contribution is 5.81. The quantitative estimate of drug-likeness (QED) is 0.885. The van der Waals surface area contributed by atoms with E-state index in [9.17, 15) is 4.79 Å². The summed E-state index contributed by atoms with van der Waals surface area (Å²) in [6, 6.07) is 10.3. The van der Waals surface area contributed by atoms with E-state index in [1.54, 1.807) is 18.6 Å². The van der Waals surface area contributed by atoms with E-state index >= 15 is 0 Å². The van der Waals surface area contributed by atoms with Gasteiger partial charge in [-0.1, -0.05) is 36.8 Å². The number of hydrogen-bond donors (Lipinski definition) is 1. The van der Waals surface area contributed by atoms with Crippen molar-refractivity contribution in [2.24, 2.45) is 0 Å². The molecular formula is C19H24N4O. The van der Waals surface area contributed by atoms with Gasteiger partial charge < -0.3 is 5.32 Å². The van der Waals surface area contributed by atoms with Gasteiger partial charge in [0, 0.05) is 38.1 Å². The first kappa shape index (κ1) is 16.6. The van der Waals surface area contributed by atoms with Crippen molar-refractivity contribution in [1.29, 1.82) is 0 Å². The summed E-state index contributed by atoms with van der Waals surface area (Å²) in [7, 11) is 0. The molecule has 5 nitrogen and oxygen atoms in total. The molecule has 1 atom stereocenters. The standard InChI is InChI=1S/C19H24N4O/c24-19(22-10-9-17-14-20-11-12-21-17)18-8-4-5-13-23(18)15-16-6-2-1-3-7-16/h1-3,6-7,11-12,14,18H,4-5,8-10,13,15H2,(H,22,24)/t18-/m0/s1. The maximum atomic E-state index is 12.6. The van der Waals surface area contributed by atoms with Crippen LogP contribution in [-0.4, -0.2) is 39.9 Å². The summed E-state index contributed by atoms with van der Waals surface area (Å²) < 4.78 is 0. The van der Waals surface area contributed by atoms with Crippen LogP contribution in [-0.2, 0) is 17.8 Å². The van der Waals surface area contributed by atoms with E-state index in [2.05, 4.69) is 44.5 Å². The molecule has 3 rings (SSSR count). The van der Waals surface area contributed by atoms with E-state index in [0.29, 0.717) is 13.0 Å². The molecule has 0 aliphatic carbocycles. The second-order valence-corrected chi connectivity index (χ2v) is 6.21. The molecule has 0 unspecified atom stereocenters. The Morgan fingerprint density at radius 2 is 2.08 bits per heavy atom. The van der Waals surface area contributed by atoms with Gasteiger partial charge in [-0.25, -0.2) is 0 Å². The summed E-state index contributed by atoms with van der Waals surface area (Å²) in [5.41, 5.74) is 2.17. The van der Waals surface area contributed by atoms with Crippen LogP contribution in [0.25, 0.3) is 0 Å². The Morgan fingerprint density at radius 3 is 2.88 bits per heavy atom. The number of rotatable bonds is 6. The minimum Gasteiger partial charge on any atom is -0.354 e. The second kappa shape index (κ2) is 8.55. The monoisotopic (exact) mass is 324 g/mol. The van der Waals surface area contributed by atoms with E-state index in [1.807, 2.05) is 6.07 Å². The Balaban J connectivity index is 1.53. The molecule has 2 aromatic rings. The van der Waals surface area contributed by atoms with Gasteiger partial charge in [0.05, 0.1) is 11.7 Å². The lowest BCUT2D eigenvalue weighted by Gasteiger charge is -2.34. The van der Waals surface area contributed by atoms with Crippen molar-refractivity contribution in [3.05, 3.63) is 60.2 Å². The van der Waals surface area contributed by atoms with Crippen molar-refractivity contribution >= 4 is 5.91 Å². The highest BCUT2D eigenvalue weighted by atomic mass is 16.2. The average molecular weight is 324 g/mol. The predicted molar refractivity (Wildman–Crippen MR) is 93.2 cm³/mol. The molecule has 5 heteroatoms. The molecular weight excluding hydrogens is 300 g/mol. The lowest BCUT2D eigenvalue weighted by Crippen LogP contribution is -2.49. The summed E-state index contributed by atoms with van der Waals surface area (Å²) in [6.45, 7) is 2.42. The Bertz CT molecular complexity index is 632. The number of benzene rings is 1. The van der Waals surface area contributed by atoms with Crippen LogP contribution in [0, 0.1) is 0 Å². The first-order valence-corrected chi connectivity index (χ1v) is 8.63. The number of piperidine rings is 1. The number of likely N-dealkylation sites (tertiary alicyclic amines) is 1. The number of aromatic nitrogens is 2. The van der Waals surface area contributed by atoms with Gasteiger partial charge in [0.15, 0.2) is 0 Å². The van der Waals surface area contributed by atoms with Crippen molar-refractivity contribution < 1.29 is 4.79 Å². The van der Waals surface area contributed by atoms with Gasteiger partial charge in [0.2, 0.25) is 5.91 Å². The zero-order valence-electron chi connectivity index (χ0n) is 13.9. The van der Waals surface area contributed by atoms with Crippen LogP contribution in [0.3, 0.4) is 0 Å². The van der Waals surface area contributed by atoms with Crippen molar-refractivity contribution in [1.82, 2.24) is 20.2 Å². The van der Waals surface area contributed by atoms with Gasteiger partial charge in [-0.3, -0.25) is 19.7 Å². The van der Waals surface area contributed by atoms with Crippen LogP contribution in [0.4, 0.5) is 0 Å². The van der Waals surface area contributed by atoms with E-state index < -0.39 is 0 Å². The SMILES string of the molecule is O=C(NCCc1cnccn1)[C@@H]1CCCCN1Cc1ccccc1. The maximum absolute atomic E-state index is 12.6. The zero-order chi connectivity index (χ0) is 16.6.